The van der Waals surface area contributed by atoms with E-state index in [-0.39, 0.29) is 21.4 Å². The molecule has 7 nitrogen and oxygen atoms in total. The third-order valence-corrected chi connectivity index (χ3v) is 7.29. The Bertz CT molecular complexity index is 1210. The number of amides is 1. The minimum atomic E-state index is -3.92. The summed E-state index contributed by atoms with van der Waals surface area (Å²) >= 11 is 6.25. The molecule has 150 valence electrons. The number of halogens is 1. The van der Waals surface area contributed by atoms with Gasteiger partial charge in [-0.2, -0.15) is 0 Å². The Balaban J connectivity index is 1.72. The Morgan fingerprint density at radius 3 is 2.69 bits per heavy atom. The second kappa shape index (κ2) is 7.20. The molecule has 1 amide bonds. The smallest absolute Gasteiger partial charge is 0.265 e. The van der Waals surface area contributed by atoms with Crippen LogP contribution in [0.4, 0.5) is 11.6 Å². The topological polar surface area (TPSA) is 75.5 Å². The van der Waals surface area contributed by atoms with Gasteiger partial charge in [0.05, 0.1) is 10.7 Å². The van der Waals surface area contributed by atoms with Crippen molar-refractivity contribution >= 4 is 39.2 Å². The van der Waals surface area contributed by atoms with Crippen molar-refractivity contribution in [2.24, 2.45) is 7.05 Å². The van der Waals surface area contributed by atoms with E-state index in [2.05, 4.69) is 4.98 Å². The lowest BCUT2D eigenvalue weighted by Gasteiger charge is -2.21. The SMILES string of the molecule is CN(C(=O)c1ccc(Cl)c(S(=O)(=O)N2CCc3ccccc32)c1)c1nccn1C. The summed E-state index contributed by atoms with van der Waals surface area (Å²) in [7, 11) is -0.557. The fourth-order valence-electron chi connectivity index (χ4n) is 3.48. The molecular formula is C20H19ClN4O3S. The van der Waals surface area contributed by atoms with Crippen LogP contribution in [0, 0.1) is 0 Å². The summed E-state index contributed by atoms with van der Waals surface area (Å²) < 4.78 is 29.7. The van der Waals surface area contributed by atoms with Gasteiger partial charge in [-0.25, -0.2) is 13.4 Å². The standard InChI is InChI=1S/C20H19ClN4O3S/c1-23-12-10-22-20(23)24(2)19(26)15-7-8-16(21)18(13-15)29(27,28)25-11-9-14-5-3-4-6-17(14)25/h3-8,10,12-13H,9,11H2,1-2H3. The average Bonchev–Trinajstić information content (AvgIpc) is 3.33. The van der Waals surface area contributed by atoms with Gasteiger partial charge in [-0.1, -0.05) is 29.8 Å². The van der Waals surface area contributed by atoms with Crippen LogP contribution < -0.4 is 9.21 Å². The molecule has 0 saturated heterocycles. The van der Waals surface area contributed by atoms with Crippen molar-refractivity contribution in [1.82, 2.24) is 9.55 Å². The number of aryl methyl sites for hydroxylation is 1. The summed E-state index contributed by atoms with van der Waals surface area (Å²) in [6.45, 7) is 0.337. The molecule has 3 aromatic rings. The van der Waals surface area contributed by atoms with E-state index in [1.165, 1.54) is 27.4 Å². The van der Waals surface area contributed by atoms with Gasteiger partial charge < -0.3 is 4.57 Å². The maximum atomic E-state index is 13.3. The van der Waals surface area contributed by atoms with E-state index in [9.17, 15) is 13.2 Å². The van der Waals surface area contributed by atoms with Crippen LogP contribution >= 0.6 is 11.6 Å². The maximum absolute atomic E-state index is 13.3. The first-order valence-corrected chi connectivity index (χ1v) is 10.8. The molecule has 0 N–H and O–H groups in total. The Morgan fingerprint density at radius 1 is 1.21 bits per heavy atom. The molecule has 2 aromatic carbocycles. The Morgan fingerprint density at radius 2 is 1.97 bits per heavy atom. The van der Waals surface area contributed by atoms with E-state index >= 15 is 0 Å². The van der Waals surface area contributed by atoms with E-state index < -0.39 is 10.0 Å². The third kappa shape index (κ3) is 3.28. The molecule has 0 bridgehead atoms. The number of aromatic nitrogens is 2. The maximum Gasteiger partial charge on any atom is 0.265 e. The van der Waals surface area contributed by atoms with E-state index in [1.54, 1.807) is 43.2 Å². The second-order valence-electron chi connectivity index (χ2n) is 6.80. The van der Waals surface area contributed by atoms with Crippen LogP contribution in [0.5, 0.6) is 0 Å². The number of imidazole rings is 1. The van der Waals surface area contributed by atoms with Crippen molar-refractivity contribution in [2.75, 3.05) is 22.8 Å². The highest BCUT2D eigenvalue weighted by atomic mass is 35.5. The van der Waals surface area contributed by atoms with Crippen molar-refractivity contribution in [1.29, 1.82) is 0 Å². The highest BCUT2D eigenvalue weighted by Gasteiger charge is 2.33. The first-order valence-electron chi connectivity index (χ1n) is 8.96. The quantitative estimate of drug-likeness (QED) is 0.637. The lowest BCUT2D eigenvalue weighted by molar-refractivity contribution is 0.0990. The average molecular weight is 431 g/mol. The molecule has 0 radical (unpaired) electrons. The van der Waals surface area contributed by atoms with Crippen molar-refractivity contribution in [3.8, 4) is 0 Å². The van der Waals surface area contributed by atoms with Crippen molar-refractivity contribution in [2.45, 2.75) is 11.3 Å². The molecule has 29 heavy (non-hydrogen) atoms. The summed E-state index contributed by atoms with van der Waals surface area (Å²) in [6.07, 6.45) is 3.94. The zero-order valence-corrected chi connectivity index (χ0v) is 17.5. The van der Waals surface area contributed by atoms with Gasteiger partial charge in [0, 0.05) is 38.6 Å². The number of hydrogen-bond donors (Lipinski definition) is 0. The van der Waals surface area contributed by atoms with Gasteiger partial charge in [0.25, 0.3) is 15.9 Å². The molecule has 0 fully saturated rings. The summed E-state index contributed by atoms with van der Waals surface area (Å²) in [5.41, 5.74) is 1.82. The number of nitrogens with zero attached hydrogens (tertiary/aromatic N) is 4. The summed E-state index contributed by atoms with van der Waals surface area (Å²) in [6, 6.07) is 11.7. The van der Waals surface area contributed by atoms with Crippen molar-refractivity contribution in [3.05, 3.63) is 71.0 Å². The number of benzene rings is 2. The Kier molecular flexibility index (Phi) is 4.84. The predicted molar refractivity (Wildman–Crippen MR) is 112 cm³/mol. The van der Waals surface area contributed by atoms with Gasteiger partial charge in [0.2, 0.25) is 5.95 Å². The number of sulfonamides is 1. The van der Waals surface area contributed by atoms with E-state index in [0.29, 0.717) is 24.6 Å². The van der Waals surface area contributed by atoms with Crippen LogP contribution in [0.25, 0.3) is 0 Å². The summed E-state index contributed by atoms with van der Waals surface area (Å²) in [4.78, 5) is 18.4. The van der Waals surface area contributed by atoms with Gasteiger partial charge in [-0.3, -0.25) is 14.0 Å². The molecule has 1 aliphatic rings. The number of carbonyl (C=O) groups excluding carboxylic acids is 1. The lowest BCUT2D eigenvalue weighted by Crippen LogP contribution is -2.31. The van der Waals surface area contributed by atoms with Crippen LogP contribution in [-0.2, 0) is 23.5 Å². The molecule has 0 atom stereocenters. The Labute approximate surface area is 174 Å². The number of anilines is 2. The van der Waals surface area contributed by atoms with Crippen LogP contribution in [0.2, 0.25) is 5.02 Å². The molecule has 9 heteroatoms. The number of fused-ring (bicyclic) bond motifs is 1. The van der Waals surface area contributed by atoms with Gasteiger partial charge in [0.15, 0.2) is 0 Å². The molecular weight excluding hydrogens is 412 g/mol. The number of hydrogen-bond acceptors (Lipinski definition) is 4. The van der Waals surface area contributed by atoms with Gasteiger partial charge in [-0.15, -0.1) is 0 Å². The highest BCUT2D eigenvalue weighted by Crippen LogP contribution is 2.35. The van der Waals surface area contributed by atoms with Crippen molar-refractivity contribution < 1.29 is 13.2 Å². The molecule has 0 saturated carbocycles. The minimum Gasteiger partial charge on any atom is -0.320 e. The third-order valence-electron chi connectivity index (χ3n) is 4.99. The molecule has 2 heterocycles. The minimum absolute atomic E-state index is 0.0746. The molecule has 0 spiro atoms. The molecule has 1 aliphatic heterocycles. The van der Waals surface area contributed by atoms with Crippen LogP contribution in [0.15, 0.2) is 59.8 Å². The fourth-order valence-corrected chi connectivity index (χ4v) is 5.48. The number of carbonyl (C=O) groups is 1. The first kappa shape index (κ1) is 19.5. The summed E-state index contributed by atoms with van der Waals surface area (Å²) in [5.74, 6) is 0.0667. The van der Waals surface area contributed by atoms with Crippen LogP contribution in [0.1, 0.15) is 15.9 Å². The molecule has 0 unspecified atom stereocenters. The largest absolute Gasteiger partial charge is 0.320 e. The normalized spacial score (nSPS) is 13.4. The van der Waals surface area contributed by atoms with Gasteiger partial charge in [0.1, 0.15) is 4.90 Å². The first-order chi connectivity index (χ1) is 13.8. The number of para-hydroxylation sites is 1. The van der Waals surface area contributed by atoms with E-state index in [1.807, 2.05) is 12.1 Å². The predicted octanol–water partition coefficient (Wildman–Crippen LogP) is 3.10. The van der Waals surface area contributed by atoms with E-state index in [4.69, 9.17) is 11.6 Å². The fraction of sp³-hybridized carbons (Fsp3) is 0.200. The summed E-state index contributed by atoms with van der Waals surface area (Å²) in [5, 5.41) is 0.0746. The van der Waals surface area contributed by atoms with Crippen LogP contribution in [-0.4, -0.2) is 37.5 Å². The monoisotopic (exact) mass is 430 g/mol. The van der Waals surface area contributed by atoms with Gasteiger partial charge >= 0.3 is 0 Å². The number of rotatable bonds is 4. The zero-order valence-electron chi connectivity index (χ0n) is 15.9. The highest BCUT2D eigenvalue weighted by molar-refractivity contribution is 7.93. The van der Waals surface area contributed by atoms with Crippen LogP contribution in [0.3, 0.4) is 0 Å². The zero-order chi connectivity index (χ0) is 20.8. The van der Waals surface area contributed by atoms with E-state index in [0.717, 1.165) is 5.56 Å². The lowest BCUT2D eigenvalue weighted by atomic mass is 10.2. The second-order valence-corrected chi connectivity index (χ2v) is 9.04. The Hall–Kier alpha value is -2.84. The molecule has 4 rings (SSSR count). The van der Waals surface area contributed by atoms with Gasteiger partial charge in [-0.05, 0) is 36.2 Å². The van der Waals surface area contributed by atoms with Crippen molar-refractivity contribution in [3.63, 3.8) is 0 Å². The molecule has 1 aromatic heterocycles. The molecule has 0 aliphatic carbocycles.